The molecule has 0 amide bonds. The minimum atomic E-state index is -0.412. The Kier molecular flexibility index (Phi) is 5.86. The van der Waals surface area contributed by atoms with Crippen molar-refractivity contribution < 1.29 is 13.9 Å². The highest BCUT2D eigenvalue weighted by Gasteiger charge is 2.36. The van der Waals surface area contributed by atoms with E-state index in [2.05, 4.69) is 29.7 Å². The lowest BCUT2D eigenvalue weighted by molar-refractivity contribution is -0.116. The number of carbonyl (C=O) groups is 1. The zero-order valence-electron chi connectivity index (χ0n) is 18.6. The fraction of sp³-hybridized carbons (Fsp3) is 0.250. The quantitative estimate of drug-likeness (QED) is 0.468. The summed E-state index contributed by atoms with van der Waals surface area (Å²) >= 11 is 0. The van der Waals surface area contributed by atoms with E-state index >= 15 is 0 Å². The van der Waals surface area contributed by atoms with Crippen molar-refractivity contribution in [3.8, 4) is 5.75 Å². The van der Waals surface area contributed by atoms with Gasteiger partial charge in [0.15, 0.2) is 5.78 Å². The van der Waals surface area contributed by atoms with Crippen LogP contribution < -0.4 is 15.4 Å². The van der Waals surface area contributed by atoms with Crippen LogP contribution in [0, 0.1) is 5.82 Å². The Bertz CT molecular complexity index is 1200. The zero-order chi connectivity index (χ0) is 22.8. The van der Waals surface area contributed by atoms with Gasteiger partial charge in [0, 0.05) is 17.7 Å². The third-order valence-electron chi connectivity index (χ3n) is 6.32. The van der Waals surface area contributed by atoms with E-state index in [-0.39, 0.29) is 17.5 Å². The van der Waals surface area contributed by atoms with Gasteiger partial charge < -0.3 is 15.4 Å². The third-order valence-corrected chi connectivity index (χ3v) is 6.32. The second-order valence-corrected chi connectivity index (χ2v) is 8.64. The van der Waals surface area contributed by atoms with Crippen LogP contribution in [0.4, 0.5) is 15.8 Å². The van der Waals surface area contributed by atoms with Crippen molar-refractivity contribution in [3.05, 3.63) is 101 Å². The summed E-state index contributed by atoms with van der Waals surface area (Å²) in [5.41, 5.74) is 5.26. The first-order valence-corrected chi connectivity index (χ1v) is 11.5. The lowest BCUT2D eigenvalue weighted by atomic mass is 9.78. The second kappa shape index (κ2) is 9.10. The molecule has 5 rings (SSSR count). The molecule has 2 N–H and O–H groups in total. The summed E-state index contributed by atoms with van der Waals surface area (Å²) in [6, 6.07) is 22.0. The Morgan fingerprint density at radius 2 is 1.73 bits per heavy atom. The van der Waals surface area contributed by atoms with E-state index < -0.39 is 6.04 Å². The minimum absolute atomic E-state index is 0.0717. The molecular weight excluding hydrogens is 415 g/mol. The van der Waals surface area contributed by atoms with E-state index in [0.717, 1.165) is 40.4 Å². The van der Waals surface area contributed by atoms with Crippen LogP contribution in [0.5, 0.6) is 5.75 Å². The maximum absolute atomic E-state index is 14.1. The first kappa shape index (κ1) is 21.3. The molecule has 33 heavy (non-hydrogen) atoms. The molecule has 0 saturated carbocycles. The molecule has 0 saturated heterocycles. The smallest absolute Gasteiger partial charge is 0.163 e. The maximum Gasteiger partial charge on any atom is 0.163 e. The van der Waals surface area contributed by atoms with Crippen LogP contribution in [0.15, 0.2) is 84.1 Å². The SMILES string of the molecule is CCCOc1ccc(C2CC(=O)C3=C(C2)Nc2ccccc2NC3c2cccc(F)c2)cc1. The number of rotatable bonds is 5. The summed E-state index contributed by atoms with van der Waals surface area (Å²) in [7, 11) is 0. The van der Waals surface area contributed by atoms with Gasteiger partial charge in [-0.3, -0.25) is 4.79 Å². The van der Waals surface area contributed by atoms with Crippen molar-refractivity contribution in [2.24, 2.45) is 0 Å². The van der Waals surface area contributed by atoms with Crippen molar-refractivity contribution in [2.45, 2.75) is 38.1 Å². The van der Waals surface area contributed by atoms with E-state index in [1.165, 1.54) is 12.1 Å². The van der Waals surface area contributed by atoms with Crippen molar-refractivity contribution in [2.75, 3.05) is 17.2 Å². The third kappa shape index (κ3) is 4.36. The summed E-state index contributed by atoms with van der Waals surface area (Å²) in [6.07, 6.45) is 2.08. The lowest BCUT2D eigenvalue weighted by Gasteiger charge is -2.30. The Hall–Kier alpha value is -3.60. The van der Waals surface area contributed by atoms with Gasteiger partial charge in [-0.15, -0.1) is 0 Å². The van der Waals surface area contributed by atoms with Crippen molar-refractivity contribution in [1.82, 2.24) is 0 Å². The molecule has 3 aromatic carbocycles. The van der Waals surface area contributed by atoms with E-state index in [1.807, 2.05) is 42.5 Å². The largest absolute Gasteiger partial charge is 0.494 e. The van der Waals surface area contributed by atoms with Gasteiger partial charge in [0.2, 0.25) is 0 Å². The van der Waals surface area contributed by atoms with Crippen LogP contribution in [0.2, 0.25) is 0 Å². The molecule has 1 aliphatic carbocycles. The predicted octanol–water partition coefficient (Wildman–Crippen LogP) is 6.59. The number of ether oxygens (including phenoxy) is 1. The molecule has 0 aromatic heterocycles. The molecule has 2 aliphatic rings. The lowest BCUT2D eigenvalue weighted by Crippen LogP contribution is -2.26. The highest BCUT2D eigenvalue weighted by atomic mass is 19.1. The fourth-order valence-electron chi connectivity index (χ4n) is 4.72. The molecule has 5 heteroatoms. The van der Waals surface area contributed by atoms with Gasteiger partial charge >= 0.3 is 0 Å². The molecule has 1 aliphatic heterocycles. The Balaban J connectivity index is 1.51. The van der Waals surface area contributed by atoms with Gasteiger partial charge in [0.25, 0.3) is 0 Å². The number of para-hydroxylation sites is 2. The number of ketones is 1. The number of hydrogen-bond acceptors (Lipinski definition) is 4. The van der Waals surface area contributed by atoms with Gasteiger partial charge in [-0.05, 0) is 66.3 Å². The number of hydrogen-bond donors (Lipinski definition) is 2. The summed E-state index contributed by atoms with van der Waals surface area (Å²) in [6.45, 7) is 2.77. The molecule has 2 atom stereocenters. The molecule has 1 heterocycles. The van der Waals surface area contributed by atoms with Crippen LogP contribution in [-0.4, -0.2) is 12.4 Å². The van der Waals surface area contributed by atoms with Crippen LogP contribution in [0.1, 0.15) is 49.3 Å². The molecule has 168 valence electrons. The van der Waals surface area contributed by atoms with Crippen molar-refractivity contribution in [1.29, 1.82) is 0 Å². The fourth-order valence-corrected chi connectivity index (χ4v) is 4.72. The predicted molar refractivity (Wildman–Crippen MR) is 129 cm³/mol. The first-order valence-electron chi connectivity index (χ1n) is 11.5. The molecule has 0 radical (unpaired) electrons. The standard InChI is InChI=1S/C28H27FN2O2/c1-2-14-33-22-12-10-18(11-13-22)20-16-25-27(26(32)17-20)28(19-6-5-7-21(29)15-19)31-24-9-4-3-8-23(24)30-25/h3-13,15,20,28,30-31H,2,14,16-17H2,1H3. The summed E-state index contributed by atoms with van der Waals surface area (Å²) in [4.78, 5) is 13.5. The first-order chi connectivity index (χ1) is 16.1. The van der Waals surface area contributed by atoms with E-state index in [9.17, 15) is 9.18 Å². The Morgan fingerprint density at radius 3 is 2.48 bits per heavy atom. The highest BCUT2D eigenvalue weighted by molar-refractivity contribution is 6.01. The van der Waals surface area contributed by atoms with E-state index in [1.54, 1.807) is 6.07 Å². The topological polar surface area (TPSA) is 50.4 Å². The second-order valence-electron chi connectivity index (χ2n) is 8.64. The van der Waals surface area contributed by atoms with Gasteiger partial charge in [-0.25, -0.2) is 4.39 Å². The van der Waals surface area contributed by atoms with Gasteiger partial charge in [0.05, 0.1) is 24.0 Å². The molecule has 0 spiro atoms. The molecule has 3 aromatic rings. The van der Waals surface area contributed by atoms with E-state index in [0.29, 0.717) is 25.0 Å². The molecule has 0 bridgehead atoms. The number of anilines is 2. The Labute approximate surface area is 193 Å². The number of nitrogens with one attached hydrogen (secondary N) is 2. The summed E-state index contributed by atoms with van der Waals surface area (Å²) in [5.74, 6) is 0.685. The Morgan fingerprint density at radius 1 is 0.939 bits per heavy atom. The van der Waals surface area contributed by atoms with Crippen molar-refractivity contribution >= 4 is 17.2 Å². The van der Waals surface area contributed by atoms with Gasteiger partial charge in [-0.2, -0.15) is 0 Å². The molecular formula is C28H27FN2O2. The average Bonchev–Trinajstić information content (AvgIpc) is 3.00. The number of carbonyl (C=O) groups excluding carboxylic acids is 1. The molecule has 2 unspecified atom stereocenters. The average molecular weight is 443 g/mol. The maximum atomic E-state index is 14.1. The minimum Gasteiger partial charge on any atom is -0.494 e. The zero-order valence-corrected chi connectivity index (χ0v) is 18.6. The normalized spacial score (nSPS) is 19.6. The summed E-state index contributed by atoms with van der Waals surface area (Å²) in [5, 5.41) is 7.01. The van der Waals surface area contributed by atoms with E-state index in [4.69, 9.17) is 4.74 Å². The van der Waals surface area contributed by atoms with Crippen LogP contribution in [0.3, 0.4) is 0 Å². The number of halogens is 1. The monoisotopic (exact) mass is 442 g/mol. The molecule has 4 nitrogen and oxygen atoms in total. The van der Waals surface area contributed by atoms with Gasteiger partial charge in [0.1, 0.15) is 11.6 Å². The van der Waals surface area contributed by atoms with Crippen LogP contribution >= 0.6 is 0 Å². The number of Topliss-reactive ketones (excluding diaryl/α,β-unsaturated/α-hetero) is 1. The number of benzene rings is 3. The molecule has 0 fully saturated rings. The number of fused-ring (bicyclic) bond motifs is 1. The highest BCUT2D eigenvalue weighted by Crippen LogP contribution is 2.44. The van der Waals surface area contributed by atoms with Crippen molar-refractivity contribution in [3.63, 3.8) is 0 Å². The van der Waals surface area contributed by atoms with Crippen LogP contribution in [-0.2, 0) is 4.79 Å². The van der Waals surface area contributed by atoms with Crippen LogP contribution in [0.25, 0.3) is 0 Å². The number of allylic oxidation sites excluding steroid dienone is 1. The van der Waals surface area contributed by atoms with Gasteiger partial charge in [-0.1, -0.05) is 43.3 Å². The summed E-state index contributed by atoms with van der Waals surface area (Å²) < 4.78 is 19.8.